The predicted molar refractivity (Wildman–Crippen MR) is 66.8 cm³/mol. The molecule has 0 radical (unpaired) electrons. The number of allylic oxidation sites excluding steroid dienone is 4. The third kappa shape index (κ3) is 2.27. The van der Waals surface area contributed by atoms with Crippen LogP contribution in [0.2, 0.25) is 0 Å². The van der Waals surface area contributed by atoms with E-state index >= 15 is 0 Å². The van der Waals surface area contributed by atoms with E-state index in [9.17, 15) is 0 Å². The maximum atomic E-state index is 4.03. The molecule has 1 aromatic rings. The van der Waals surface area contributed by atoms with Gasteiger partial charge in [0.05, 0.1) is 0 Å². The summed E-state index contributed by atoms with van der Waals surface area (Å²) in [6.07, 6.45) is 9.17. The van der Waals surface area contributed by atoms with Crippen molar-refractivity contribution in [3.63, 3.8) is 0 Å². The topological polar surface area (TPSA) is 0 Å². The van der Waals surface area contributed by atoms with Crippen LogP contribution in [0.3, 0.4) is 0 Å². The molecule has 76 valence electrons. The van der Waals surface area contributed by atoms with E-state index in [1.54, 1.807) is 0 Å². The highest BCUT2D eigenvalue weighted by molar-refractivity contribution is 5.58. The van der Waals surface area contributed by atoms with Gasteiger partial charge in [0.25, 0.3) is 0 Å². The fourth-order valence-electron chi connectivity index (χ4n) is 1.83. The number of hydrogen-bond donors (Lipinski definition) is 0. The Bertz CT molecular complexity index is 515. The van der Waals surface area contributed by atoms with Gasteiger partial charge in [-0.1, -0.05) is 43.0 Å². The highest BCUT2D eigenvalue weighted by Gasteiger charge is 2.00. The van der Waals surface area contributed by atoms with Crippen LogP contribution in [0.25, 0.3) is 12.7 Å². The van der Waals surface area contributed by atoms with Crippen LogP contribution in [-0.2, 0) is 0 Å². The Labute approximate surface area is 91.0 Å². The number of hydrogen-bond acceptors (Lipinski definition) is 0. The first-order valence-corrected chi connectivity index (χ1v) is 5.40. The van der Waals surface area contributed by atoms with Crippen molar-refractivity contribution in [1.82, 2.24) is 0 Å². The van der Waals surface area contributed by atoms with Crippen molar-refractivity contribution in [1.29, 1.82) is 0 Å². The molecular formula is C15H16. The van der Waals surface area contributed by atoms with Crippen molar-refractivity contribution in [2.45, 2.75) is 19.8 Å². The van der Waals surface area contributed by atoms with E-state index in [2.05, 4.69) is 43.9 Å². The fourth-order valence-corrected chi connectivity index (χ4v) is 1.83. The van der Waals surface area contributed by atoms with E-state index in [0.717, 1.165) is 11.6 Å². The molecule has 0 aromatic heterocycles. The second kappa shape index (κ2) is 4.31. The summed E-state index contributed by atoms with van der Waals surface area (Å²) < 4.78 is 0. The van der Waals surface area contributed by atoms with E-state index in [0.29, 0.717) is 0 Å². The van der Waals surface area contributed by atoms with Crippen LogP contribution in [0.4, 0.5) is 0 Å². The molecule has 0 unspecified atom stereocenters. The normalized spacial score (nSPS) is 17.3. The lowest BCUT2D eigenvalue weighted by Crippen LogP contribution is -2.22. The first-order chi connectivity index (χ1) is 7.27. The second-order valence-corrected chi connectivity index (χ2v) is 3.97. The van der Waals surface area contributed by atoms with Crippen molar-refractivity contribution in [2.24, 2.45) is 0 Å². The Morgan fingerprint density at radius 1 is 1.13 bits per heavy atom. The van der Waals surface area contributed by atoms with Crippen LogP contribution < -0.4 is 10.4 Å². The standard InChI is InChI=1S/C15H16/c1-12-7-3-5-9-14(12)11-15-10-6-4-8-13(15)2/h3,5,7-11H,1,4,6H2,2H3/b14-11-. The quantitative estimate of drug-likeness (QED) is 0.647. The van der Waals surface area contributed by atoms with Crippen molar-refractivity contribution < 1.29 is 0 Å². The first kappa shape index (κ1) is 9.97. The second-order valence-electron chi connectivity index (χ2n) is 3.97. The Morgan fingerprint density at radius 3 is 2.60 bits per heavy atom. The summed E-state index contributed by atoms with van der Waals surface area (Å²) in [6, 6.07) is 8.25. The van der Waals surface area contributed by atoms with Crippen molar-refractivity contribution in [3.8, 4) is 0 Å². The molecule has 1 aliphatic carbocycles. The van der Waals surface area contributed by atoms with E-state index in [4.69, 9.17) is 0 Å². The molecule has 1 aromatic carbocycles. The minimum atomic E-state index is 1.09. The average molecular weight is 196 g/mol. The van der Waals surface area contributed by atoms with Gasteiger partial charge in [0, 0.05) is 0 Å². The van der Waals surface area contributed by atoms with Gasteiger partial charge in [-0.25, -0.2) is 0 Å². The molecule has 0 spiro atoms. The zero-order valence-corrected chi connectivity index (χ0v) is 9.16. The van der Waals surface area contributed by atoms with Crippen LogP contribution >= 0.6 is 0 Å². The summed E-state index contributed by atoms with van der Waals surface area (Å²) in [5.74, 6) is 0. The van der Waals surface area contributed by atoms with Gasteiger partial charge in [0.2, 0.25) is 0 Å². The molecule has 15 heavy (non-hydrogen) atoms. The molecule has 0 heteroatoms. The van der Waals surface area contributed by atoms with E-state index in [-0.39, 0.29) is 0 Å². The van der Waals surface area contributed by atoms with Crippen molar-refractivity contribution in [3.05, 3.63) is 58.0 Å². The monoisotopic (exact) mass is 196 g/mol. The maximum Gasteiger partial charge on any atom is -0.0184 e. The molecule has 0 aliphatic heterocycles. The maximum absolute atomic E-state index is 4.03. The molecule has 0 amide bonds. The first-order valence-electron chi connectivity index (χ1n) is 5.40. The molecule has 0 atom stereocenters. The van der Waals surface area contributed by atoms with Crippen LogP contribution in [0, 0.1) is 0 Å². The summed E-state index contributed by atoms with van der Waals surface area (Å²) in [6.45, 7) is 6.21. The number of benzene rings is 1. The molecule has 0 fully saturated rings. The van der Waals surface area contributed by atoms with E-state index in [1.165, 1.54) is 22.8 Å². The van der Waals surface area contributed by atoms with Gasteiger partial charge < -0.3 is 0 Å². The third-order valence-corrected chi connectivity index (χ3v) is 2.80. The smallest absolute Gasteiger partial charge is 0.0184 e. The Hall–Kier alpha value is -1.56. The Morgan fingerprint density at radius 2 is 1.87 bits per heavy atom. The van der Waals surface area contributed by atoms with Gasteiger partial charge >= 0.3 is 0 Å². The van der Waals surface area contributed by atoms with Gasteiger partial charge in [-0.2, -0.15) is 0 Å². The van der Waals surface area contributed by atoms with Crippen LogP contribution in [-0.4, -0.2) is 0 Å². The van der Waals surface area contributed by atoms with Gasteiger partial charge in [-0.3, -0.25) is 0 Å². The molecule has 0 heterocycles. The zero-order chi connectivity index (χ0) is 10.7. The highest BCUT2D eigenvalue weighted by Crippen LogP contribution is 2.18. The largest absolute Gasteiger partial charge is 0.0912 e. The lowest BCUT2D eigenvalue weighted by molar-refractivity contribution is 1.01. The summed E-state index contributed by atoms with van der Waals surface area (Å²) in [5, 5.41) is 2.31. The summed E-state index contributed by atoms with van der Waals surface area (Å²) >= 11 is 0. The van der Waals surface area contributed by atoms with Crippen molar-refractivity contribution >= 4 is 12.7 Å². The average Bonchev–Trinajstić information content (AvgIpc) is 2.24. The van der Waals surface area contributed by atoms with Gasteiger partial charge in [0.1, 0.15) is 0 Å². The van der Waals surface area contributed by atoms with Crippen LogP contribution in [0.5, 0.6) is 0 Å². The Balaban J connectivity index is 2.48. The Kier molecular flexibility index (Phi) is 2.86. The lowest BCUT2D eigenvalue weighted by Gasteiger charge is -2.08. The number of rotatable bonds is 1. The van der Waals surface area contributed by atoms with Crippen molar-refractivity contribution in [2.75, 3.05) is 0 Å². The fraction of sp³-hybridized carbons (Fsp3) is 0.200. The molecule has 2 rings (SSSR count). The van der Waals surface area contributed by atoms with E-state index < -0.39 is 0 Å². The van der Waals surface area contributed by atoms with Gasteiger partial charge in [-0.15, -0.1) is 0 Å². The molecule has 1 aliphatic rings. The zero-order valence-electron chi connectivity index (χ0n) is 9.16. The molecule has 0 bridgehead atoms. The van der Waals surface area contributed by atoms with Gasteiger partial charge in [-0.05, 0) is 47.4 Å². The van der Waals surface area contributed by atoms with Crippen LogP contribution in [0.1, 0.15) is 19.8 Å². The molecule has 0 saturated heterocycles. The van der Waals surface area contributed by atoms with Crippen LogP contribution in [0.15, 0.2) is 47.6 Å². The predicted octanol–water partition coefficient (Wildman–Crippen LogP) is 2.54. The summed E-state index contributed by atoms with van der Waals surface area (Å²) in [4.78, 5) is 0. The minimum absolute atomic E-state index is 1.09. The molecule has 0 N–H and O–H groups in total. The van der Waals surface area contributed by atoms with Gasteiger partial charge in [0.15, 0.2) is 0 Å². The highest BCUT2D eigenvalue weighted by atomic mass is 14.1. The van der Waals surface area contributed by atoms with E-state index in [1.807, 2.05) is 12.1 Å². The molecular weight excluding hydrogens is 180 g/mol. The molecule has 0 saturated carbocycles. The molecule has 0 nitrogen and oxygen atoms in total. The third-order valence-electron chi connectivity index (χ3n) is 2.80. The lowest BCUT2D eigenvalue weighted by atomic mass is 9.98. The SMILES string of the molecule is C=c1cccc/c1=C/C1=CCCC=C1C. The summed E-state index contributed by atoms with van der Waals surface area (Å²) in [5.41, 5.74) is 2.72. The minimum Gasteiger partial charge on any atom is -0.0912 e. The summed E-state index contributed by atoms with van der Waals surface area (Å²) in [7, 11) is 0.